The molecule has 4 atom stereocenters. The number of ether oxygens (including phenoxy) is 28. The highest BCUT2D eigenvalue weighted by atomic mass is 16.6. The summed E-state index contributed by atoms with van der Waals surface area (Å²) in [5.74, 6) is -9.41. The summed E-state index contributed by atoms with van der Waals surface area (Å²) in [6, 6.07) is 0. The van der Waals surface area contributed by atoms with Crippen LogP contribution in [0.2, 0.25) is 0 Å². The van der Waals surface area contributed by atoms with Gasteiger partial charge in [-0.25, -0.2) is 0 Å². The predicted molar refractivity (Wildman–Crippen MR) is 389 cm³/mol. The Bertz CT molecular complexity index is 2070. The zero-order valence-corrected chi connectivity index (χ0v) is 67.4. The molecule has 0 saturated carbocycles. The summed E-state index contributed by atoms with van der Waals surface area (Å²) in [5.41, 5.74) is -1.39. The summed E-state index contributed by atoms with van der Waals surface area (Å²) in [7, 11) is 0. The molecule has 0 saturated heterocycles. The third-order valence-electron chi connectivity index (χ3n) is 14.3. The highest BCUT2D eigenvalue weighted by molar-refractivity contribution is 6.01. The fourth-order valence-corrected chi connectivity index (χ4v) is 8.15. The molecule has 36 heteroatoms. The zero-order valence-electron chi connectivity index (χ0n) is 67.4. The van der Waals surface area contributed by atoms with E-state index in [2.05, 4.69) is 0 Å². The summed E-state index contributed by atoms with van der Waals surface area (Å²) in [6.45, 7) is 32.7. The minimum atomic E-state index is -1.18. The van der Waals surface area contributed by atoms with Gasteiger partial charge < -0.3 is 133 Å². The standard InChI is InChI=1S/C74H134O36/c1-61(65(75)73(5,6)7)67(77)107-57-59-109-71(81)63(3)69(79)105-55-53-103-51-49-101-47-45-99-43-41-97-39-37-95-35-33-93-31-29-91-27-25-89-23-21-87-19-17-85-15-13-83-11-12-84-14-16-86-18-20-88-22-24-90-26-28-92-30-32-94-34-36-96-38-40-98-42-44-100-46-48-102-50-52-104-54-56-106-70(80)64(4)72(82)110-60-58-108-68(78)62(2)66(76)74(8,9)10/h61-64H,11-60H2,1-10H3. The van der Waals surface area contributed by atoms with Crippen LogP contribution in [0.25, 0.3) is 0 Å². The summed E-state index contributed by atoms with van der Waals surface area (Å²) in [4.78, 5) is 97.2. The quantitative estimate of drug-likeness (QED) is 0.0365. The number of ketones is 2. The van der Waals surface area contributed by atoms with Gasteiger partial charge in [0.15, 0.2) is 23.4 Å². The first-order chi connectivity index (χ1) is 53.1. The van der Waals surface area contributed by atoms with Crippen LogP contribution < -0.4 is 0 Å². The lowest BCUT2D eigenvalue weighted by molar-refractivity contribution is -0.166. The topological polar surface area (TPSA) is 395 Å². The van der Waals surface area contributed by atoms with E-state index in [-0.39, 0.29) is 77.6 Å². The van der Waals surface area contributed by atoms with Crippen LogP contribution in [0.4, 0.5) is 0 Å². The molecule has 0 aromatic heterocycles. The lowest BCUT2D eigenvalue weighted by Crippen LogP contribution is -2.33. The van der Waals surface area contributed by atoms with Crippen molar-refractivity contribution < 1.29 is 171 Å². The molecule has 0 N–H and O–H groups in total. The van der Waals surface area contributed by atoms with Gasteiger partial charge in [0.25, 0.3) is 0 Å². The highest BCUT2D eigenvalue weighted by Gasteiger charge is 2.34. The molecule has 0 spiro atoms. The maximum absolute atomic E-state index is 12.2. The van der Waals surface area contributed by atoms with Crippen molar-refractivity contribution in [3.05, 3.63) is 0 Å². The smallest absolute Gasteiger partial charge is 0.320 e. The highest BCUT2D eigenvalue weighted by Crippen LogP contribution is 2.22. The Morgan fingerprint density at radius 1 is 0.155 bits per heavy atom. The Morgan fingerprint density at radius 2 is 0.236 bits per heavy atom. The van der Waals surface area contributed by atoms with Crippen LogP contribution in [0, 0.1) is 34.5 Å². The van der Waals surface area contributed by atoms with Gasteiger partial charge >= 0.3 is 35.8 Å². The molecule has 0 amide bonds. The molecule has 0 rings (SSSR count). The number of Topliss-reactive ketones (excluding diaryl/α,β-unsaturated/α-hetero) is 2. The Hall–Kier alpha value is -4.72. The van der Waals surface area contributed by atoms with Crippen molar-refractivity contribution in [2.24, 2.45) is 34.5 Å². The van der Waals surface area contributed by atoms with E-state index in [9.17, 15) is 38.4 Å². The van der Waals surface area contributed by atoms with Gasteiger partial charge in [0.05, 0.1) is 291 Å². The minimum absolute atomic E-state index is 0.0618. The molecule has 110 heavy (non-hydrogen) atoms. The summed E-state index contributed by atoms with van der Waals surface area (Å²) in [5, 5.41) is 0. The SMILES string of the molecule is CC(C(=O)OCCOCCOCCOCCOCCOCCOCCOCCOCCOCCOCCOCCOCCOCCOCCOCCOCCOCCOCCOCCOCCOCCOCCOC(=O)C(C)C(=O)OCCOC(=O)C(C)C(=O)C(C)(C)C)C(=O)OCCOC(=O)C(C)C(=O)C(C)(C)C. The van der Waals surface area contributed by atoms with Crippen molar-refractivity contribution in [1.82, 2.24) is 0 Å². The van der Waals surface area contributed by atoms with Gasteiger partial charge in [0, 0.05) is 10.8 Å². The van der Waals surface area contributed by atoms with Crippen molar-refractivity contribution in [1.29, 1.82) is 0 Å². The molecule has 0 aliphatic heterocycles. The van der Waals surface area contributed by atoms with E-state index in [0.717, 1.165) is 0 Å². The Morgan fingerprint density at radius 3 is 0.336 bits per heavy atom. The van der Waals surface area contributed by atoms with Gasteiger partial charge in [-0.15, -0.1) is 0 Å². The van der Waals surface area contributed by atoms with Crippen LogP contribution in [-0.4, -0.2) is 378 Å². The van der Waals surface area contributed by atoms with Gasteiger partial charge in [-0.1, -0.05) is 41.5 Å². The number of carbonyl (C=O) groups is 8. The summed E-state index contributed by atoms with van der Waals surface area (Å²) < 4.78 is 151. The van der Waals surface area contributed by atoms with Crippen LogP contribution in [0.5, 0.6) is 0 Å². The van der Waals surface area contributed by atoms with Crippen LogP contribution in [-0.2, 0) is 171 Å². The largest absolute Gasteiger partial charge is 0.463 e. The Balaban J connectivity index is 3.27. The van der Waals surface area contributed by atoms with Crippen molar-refractivity contribution in [3.63, 3.8) is 0 Å². The van der Waals surface area contributed by atoms with Crippen LogP contribution in [0.3, 0.4) is 0 Å². The molecule has 0 aromatic rings. The second kappa shape index (κ2) is 75.6. The average molecular weight is 1600 g/mol. The molecule has 0 bridgehead atoms. The molecular formula is C74H134O36. The van der Waals surface area contributed by atoms with E-state index in [0.29, 0.717) is 264 Å². The fraction of sp³-hybridized carbons (Fsp3) is 0.892. The molecule has 0 aliphatic rings. The van der Waals surface area contributed by atoms with E-state index in [1.807, 2.05) is 0 Å². The van der Waals surface area contributed by atoms with Crippen LogP contribution >= 0.6 is 0 Å². The third kappa shape index (κ3) is 67.8. The monoisotopic (exact) mass is 1600 g/mol. The number of carbonyl (C=O) groups excluding carboxylic acids is 8. The molecule has 0 fully saturated rings. The van der Waals surface area contributed by atoms with Crippen LogP contribution in [0.15, 0.2) is 0 Å². The second-order valence-electron chi connectivity index (χ2n) is 25.6. The Labute approximate surface area is 650 Å². The lowest BCUT2D eigenvalue weighted by Gasteiger charge is -2.20. The first kappa shape index (κ1) is 105. The maximum atomic E-state index is 12.2. The first-order valence-corrected chi connectivity index (χ1v) is 37.9. The first-order valence-electron chi connectivity index (χ1n) is 37.9. The van der Waals surface area contributed by atoms with Crippen molar-refractivity contribution in [2.75, 3.05) is 330 Å². The van der Waals surface area contributed by atoms with E-state index in [1.54, 1.807) is 41.5 Å². The number of hydrogen-bond acceptors (Lipinski definition) is 36. The molecule has 0 heterocycles. The molecule has 4 unspecified atom stereocenters. The van der Waals surface area contributed by atoms with Gasteiger partial charge in [-0.2, -0.15) is 0 Å². The molecule has 0 aliphatic carbocycles. The Kier molecular flexibility index (Phi) is 72.4. The minimum Gasteiger partial charge on any atom is -0.463 e. The second-order valence-corrected chi connectivity index (χ2v) is 25.6. The predicted octanol–water partition coefficient (Wildman–Crippen LogP) is 2.39. The van der Waals surface area contributed by atoms with E-state index in [4.69, 9.17) is 133 Å². The third-order valence-corrected chi connectivity index (χ3v) is 14.3. The number of esters is 6. The maximum Gasteiger partial charge on any atom is 0.320 e. The number of rotatable bonds is 83. The van der Waals surface area contributed by atoms with Gasteiger partial charge in [0.2, 0.25) is 0 Å². The number of hydrogen-bond donors (Lipinski definition) is 0. The van der Waals surface area contributed by atoms with E-state index in [1.165, 1.54) is 27.7 Å². The van der Waals surface area contributed by atoms with E-state index >= 15 is 0 Å². The summed E-state index contributed by atoms with van der Waals surface area (Å²) in [6.07, 6.45) is 0. The lowest BCUT2D eigenvalue weighted by atomic mass is 9.84. The van der Waals surface area contributed by atoms with Gasteiger partial charge in [0.1, 0.15) is 51.5 Å². The molecule has 36 nitrogen and oxygen atoms in total. The van der Waals surface area contributed by atoms with Crippen molar-refractivity contribution in [3.8, 4) is 0 Å². The molecule has 0 aromatic carbocycles. The van der Waals surface area contributed by atoms with Crippen molar-refractivity contribution in [2.45, 2.75) is 69.2 Å². The van der Waals surface area contributed by atoms with Crippen molar-refractivity contribution >= 4 is 47.4 Å². The average Bonchev–Trinajstić information content (AvgIpc) is 0.871. The van der Waals surface area contributed by atoms with Gasteiger partial charge in [-0.05, 0) is 27.7 Å². The molecule has 0 radical (unpaired) electrons. The normalized spacial score (nSPS) is 12.9. The molecular weight excluding hydrogens is 1460 g/mol. The van der Waals surface area contributed by atoms with Crippen LogP contribution in [0.1, 0.15) is 69.2 Å². The van der Waals surface area contributed by atoms with Gasteiger partial charge in [-0.3, -0.25) is 38.4 Å². The van der Waals surface area contributed by atoms with E-state index < -0.39 is 70.3 Å². The zero-order chi connectivity index (χ0) is 81.1. The summed E-state index contributed by atoms with van der Waals surface area (Å²) >= 11 is 0. The molecule has 646 valence electrons. The fourth-order valence-electron chi connectivity index (χ4n) is 8.15.